The Kier molecular flexibility index (Phi) is 4.70. The third-order valence-corrected chi connectivity index (χ3v) is 5.62. The van der Waals surface area contributed by atoms with Crippen molar-refractivity contribution in [2.75, 3.05) is 5.32 Å². The molecule has 4 rings (SSSR count). The Morgan fingerprint density at radius 2 is 1.64 bits per heavy atom. The number of hydrogen-bond acceptors (Lipinski definition) is 3. The minimum atomic E-state index is 0.457. The third kappa shape index (κ3) is 3.26. The summed E-state index contributed by atoms with van der Waals surface area (Å²) in [5.74, 6) is 0.814. The van der Waals surface area contributed by atoms with Gasteiger partial charge < -0.3 is 5.32 Å². The van der Waals surface area contributed by atoms with Gasteiger partial charge in [0, 0.05) is 11.6 Å². The van der Waals surface area contributed by atoms with Gasteiger partial charge in [-0.2, -0.15) is 5.26 Å². The highest BCUT2D eigenvalue weighted by Crippen LogP contribution is 2.36. The van der Waals surface area contributed by atoms with Gasteiger partial charge in [0.15, 0.2) is 0 Å². The van der Waals surface area contributed by atoms with Crippen molar-refractivity contribution < 1.29 is 0 Å². The number of pyridine rings is 1. The minimum absolute atomic E-state index is 0.457. The van der Waals surface area contributed by atoms with Crippen LogP contribution in [0.5, 0.6) is 0 Å². The summed E-state index contributed by atoms with van der Waals surface area (Å²) in [4.78, 5) is 4.99. The van der Waals surface area contributed by atoms with E-state index >= 15 is 0 Å². The van der Waals surface area contributed by atoms with Crippen molar-refractivity contribution in [2.45, 2.75) is 63.8 Å². The number of benzene rings is 1. The number of rotatable bonds is 3. The van der Waals surface area contributed by atoms with E-state index in [1.165, 1.54) is 56.1 Å². The molecule has 3 nitrogen and oxygen atoms in total. The van der Waals surface area contributed by atoms with Crippen LogP contribution in [0.3, 0.4) is 0 Å². The number of fused-ring (bicyclic) bond motifs is 1. The van der Waals surface area contributed by atoms with E-state index in [1.54, 1.807) is 0 Å². The Labute approximate surface area is 150 Å². The van der Waals surface area contributed by atoms with Gasteiger partial charge in [0.2, 0.25) is 0 Å². The lowest BCUT2D eigenvalue weighted by molar-refractivity contribution is 0.461. The molecule has 1 aromatic carbocycles. The molecule has 1 saturated carbocycles. The summed E-state index contributed by atoms with van der Waals surface area (Å²) >= 11 is 0. The molecule has 0 atom stereocenters. The number of nitriles is 1. The molecular weight excluding hydrogens is 306 g/mol. The Morgan fingerprint density at radius 1 is 0.920 bits per heavy atom. The molecule has 2 aliphatic rings. The van der Waals surface area contributed by atoms with E-state index < -0.39 is 0 Å². The summed E-state index contributed by atoms with van der Waals surface area (Å²) in [5, 5.41) is 13.5. The van der Waals surface area contributed by atoms with E-state index in [-0.39, 0.29) is 0 Å². The quantitative estimate of drug-likeness (QED) is 0.836. The van der Waals surface area contributed by atoms with Gasteiger partial charge in [0.25, 0.3) is 0 Å². The van der Waals surface area contributed by atoms with Gasteiger partial charge in [0.1, 0.15) is 11.9 Å². The van der Waals surface area contributed by atoms with Crippen molar-refractivity contribution in [3.05, 3.63) is 47.0 Å². The van der Waals surface area contributed by atoms with Gasteiger partial charge >= 0.3 is 0 Å². The van der Waals surface area contributed by atoms with Crippen LogP contribution in [0.2, 0.25) is 0 Å². The molecule has 0 aliphatic heterocycles. The van der Waals surface area contributed by atoms with Crippen molar-refractivity contribution in [3.63, 3.8) is 0 Å². The molecule has 2 aliphatic carbocycles. The number of anilines is 1. The largest absolute Gasteiger partial charge is 0.366 e. The lowest BCUT2D eigenvalue weighted by Crippen LogP contribution is -2.24. The molecule has 25 heavy (non-hydrogen) atoms. The maximum absolute atomic E-state index is 9.84. The molecule has 1 N–H and O–H groups in total. The van der Waals surface area contributed by atoms with E-state index in [0.29, 0.717) is 6.04 Å². The van der Waals surface area contributed by atoms with E-state index in [9.17, 15) is 5.26 Å². The molecule has 128 valence electrons. The Balaban J connectivity index is 1.81. The molecule has 0 saturated heterocycles. The summed E-state index contributed by atoms with van der Waals surface area (Å²) in [6.45, 7) is 0. The summed E-state index contributed by atoms with van der Waals surface area (Å²) in [7, 11) is 0. The van der Waals surface area contributed by atoms with E-state index in [2.05, 4.69) is 35.7 Å². The highest BCUT2D eigenvalue weighted by atomic mass is 15.0. The Morgan fingerprint density at radius 3 is 2.36 bits per heavy atom. The average Bonchev–Trinajstić information content (AvgIpc) is 2.69. The fourth-order valence-electron chi connectivity index (χ4n) is 4.32. The molecule has 3 heteroatoms. The first kappa shape index (κ1) is 16.1. The van der Waals surface area contributed by atoms with E-state index in [1.807, 2.05) is 6.07 Å². The van der Waals surface area contributed by atoms with Crippen LogP contribution in [0.4, 0.5) is 5.82 Å². The van der Waals surface area contributed by atoms with Gasteiger partial charge in [-0.3, -0.25) is 0 Å². The van der Waals surface area contributed by atoms with Crippen molar-refractivity contribution >= 4 is 5.82 Å². The highest BCUT2D eigenvalue weighted by Gasteiger charge is 2.24. The molecule has 0 unspecified atom stereocenters. The van der Waals surface area contributed by atoms with Crippen LogP contribution in [-0.2, 0) is 12.8 Å². The molecule has 0 amide bonds. The fraction of sp³-hybridized carbons (Fsp3) is 0.455. The maximum atomic E-state index is 9.84. The first-order chi connectivity index (χ1) is 12.4. The van der Waals surface area contributed by atoms with Crippen molar-refractivity contribution in [1.82, 2.24) is 4.98 Å². The molecular formula is C22H25N3. The summed E-state index contributed by atoms with van der Waals surface area (Å²) in [6, 6.07) is 13.4. The van der Waals surface area contributed by atoms with Crippen LogP contribution in [-0.4, -0.2) is 11.0 Å². The number of nitrogens with zero attached hydrogens (tertiary/aromatic N) is 2. The lowest BCUT2D eigenvalue weighted by Gasteiger charge is -2.27. The van der Waals surface area contributed by atoms with E-state index in [0.717, 1.165) is 35.5 Å². The predicted octanol–water partition coefficient (Wildman–Crippen LogP) is 5.24. The zero-order valence-electron chi connectivity index (χ0n) is 14.7. The van der Waals surface area contributed by atoms with Crippen LogP contribution < -0.4 is 5.32 Å². The zero-order chi connectivity index (χ0) is 17.1. The second kappa shape index (κ2) is 7.27. The van der Waals surface area contributed by atoms with Gasteiger partial charge in [-0.15, -0.1) is 0 Å². The highest BCUT2D eigenvalue weighted by molar-refractivity contribution is 5.72. The monoisotopic (exact) mass is 331 g/mol. The molecule has 2 aromatic rings. The van der Waals surface area contributed by atoms with Gasteiger partial charge in [-0.1, -0.05) is 49.6 Å². The summed E-state index contributed by atoms with van der Waals surface area (Å²) in [5.41, 5.74) is 5.56. The second-order valence-corrected chi connectivity index (χ2v) is 7.31. The SMILES string of the molecule is N#Cc1c(NC2CCCCC2)nc(-c2ccccc2)c2c1CCCC2. The lowest BCUT2D eigenvalue weighted by atomic mass is 9.86. The van der Waals surface area contributed by atoms with Crippen molar-refractivity contribution in [3.8, 4) is 17.3 Å². The molecule has 1 heterocycles. The Hall–Kier alpha value is -2.34. The van der Waals surface area contributed by atoms with Gasteiger partial charge in [-0.25, -0.2) is 4.98 Å². The topological polar surface area (TPSA) is 48.7 Å². The normalized spacial score (nSPS) is 17.6. The summed E-state index contributed by atoms with van der Waals surface area (Å²) < 4.78 is 0. The number of aromatic nitrogens is 1. The average molecular weight is 331 g/mol. The minimum Gasteiger partial charge on any atom is -0.366 e. The van der Waals surface area contributed by atoms with Crippen molar-refractivity contribution in [1.29, 1.82) is 5.26 Å². The second-order valence-electron chi connectivity index (χ2n) is 7.31. The maximum Gasteiger partial charge on any atom is 0.145 e. The first-order valence-corrected chi connectivity index (χ1v) is 9.64. The zero-order valence-corrected chi connectivity index (χ0v) is 14.7. The molecule has 1 fully saturated rings. The standard InChI is InChI=1S/C22H25N3/c23-15-20-18-13-7-8-14-19(18)21(16-9-3-1-4-10-16)25-22(20)24-17-11-5-2-6-12-17/h1,3-4,9-10,17H,2,5-8,11-14H2,(H,24,25). The predicted molar refractivity (Wildman–Crippen MR) is 102 cm³/mol. The van der Waals surface area contributed by atoms with Crippen LogP contribution >= 0.6 is 0 Å². The van der Waals surface area contributed by atoms with Gasteiger partial charge in [-0.05, 0) is 49.7 Å². The van der Waals surface area contributed by atoms with Crippen LogP contribution in [0, 0.1) is 11.3 Å². The van der Waals surface area contributed by atoms with Crippen molar-refractivity contribution in [2.24, 2.45) is 0 Å². The van der Waals surface area contributed by atoms with Gasteiger partial charge in [0.05, 0.1) is 11.3 Å². The third-order valence-electron chi connectivity index (χ3n) is 5.62. The van der Waals surface area contributed by atoms with Crippen LogP contribution in [0.25, 0.3) is 11.3 Å². The number of hydrogen-bond donors (Lipinski definition) is 1. The number of nitrogens with one attached hydrogen (secondary N) is 1. The summed E-state index contributed by atoms with van der Waals surface area (Å²) in [6.07, 6.45) is 10.6. The molecule has 0 bridgehead atoms. The van der Waals surface area contributed by atoms with Crippen LogP contribution in [0.15, 0.2) is 30.3 Å². The van der Waals surface area contributed by atoms with E-state index in [4.69, 9.17) is 4.98 Å². The fourth-order valence-corrected chi connectivity index (χ4v) is 4.32. The molecule has 0 spiro atoms. The molecule has 1 aromatic heterocycles. The Bertz CT molecular complexity index is 783. The van der Waals surface area contributed by atoms with Crippen LogP contribution in [0.1, 0.15) is 61.6 Å². The molecule has 0 radical (unpaired) electrons. The smallest absolute Gasteiger partial charge is 0.145 e. The first-order valence-electron chi connectivity index (χ1n) is 9.64.